The highest BCUT2D eigenvalue weighted by Crippen LogP contribution is 2.34. The third kappa shape index (κ3) is 2.83. The van der Waals surface area contributed by atoms with E-state index in [9.17, 15) is 0 Å². The number of rotatable bonds is 5. The van der Waals surface area contributed by atoms with Crippen molar-refractivity contribution >= 4 is 0 Å². The van der Waals surface area contributed by atoms with Crippen LogP contribution in [-0.4, -0.2) is 30.1 Å². The fraction of sp³-hybridized carbons (Fsp3) is 0.667. The zero-order valence-electron chi connectivity index (χ0n) is 11.8. The summed E-state index contributed by atoms with van der Waals surface area (Å²) >= 11 is 0. The van der Waals surface area contributed by atoms with Gasteiger partial charge in [0.25, 0.3) is 0 Å². The van der Waals surface area contributed by atoms with Crippen molar-refractivity contribution in [2.75, 3.05) is 20.2 Å². The molecule has 0 radical (unpaired) electrons. The first-order valence-corrected chi connectivity index (χ1v) is 7.00. The van der Waals surface area contributed by atoms with E-state index < -0.39 is 0 Å². The third-order valence-corrected chi connectivity index (χ3v) is 3.86. The van der Waals surface area contributed by atoms with Crippen LogP contribution in [0, 0.1) is 6.92 Å². The number of aryl methyl sites for hydroxylation is 1. The van der Waals surface area contributed by atoms with Gasteiger partial charge in [0.05, 0.1) is 7.11 Å². The standard InChI is InChI=1S/C15H24N2O/c1-4-5-8-17-9-6-7-14(17)13-11-16-15(18-3)10-12(13)2/h10-11,14H,4-9H2,1-3H3. The number of unbranched alkanes of at least 4 members (excludes halogenated alkanes) is 1. The highest BCUT2D eigenvalue weighted by Gasteiger charge is 2.26. The molecule has 1 aromatic heterocycles. The largest absolute Gasteiger partial charge is 0.481 e. The van der Waals surface area contributed by atoms with Gasteiger partial charge in [0.15, 0.2) is 0 Å². The van der Waals surface area contributed by atoms with Gasteiger partial charge in [0, 0.05) is 18.3 Å². The second-order valence-corrected chi connectivity index (χ2v) is 5.13. The summed E-state index contributed by atoms with van der Waals surface area (Å²) in [6.07, 6.45) is 7.13. The molecule has 0 aliphatic carbocycles. The molecule has 2 heterocycles. The molecule has 1 aromatic rings. The topological polar surface area (TPSA) is 25.4 Å². The molecule has 100 valence electrons. The molecule has 1 aliphatic heterocycles. The van der Waals surface area contributed by atoms with Crippen molar-refractivity contribution < 1.29 is 4.74 Å². The SMILES string of the molecule is CCCCN1CCCC1c1cnc(OC)cc1C. The minimum atomic E-state index is 0.565. The summed E-state index contributed by atoms with van der Waals surface area (Å²) in [6.45, 7) is 6.86. The zero-order chi connectivity index (χ0) is 13.0. The van der Waals surface area contributed by atoms with Crippen LogP contribution < -0.4 is 4.74 Å². The Morgan fingerprint density at radius 3 is 3.00 bits per heavy atom. The normalized spacial score (nSPS) is 20.3. The smallest absolute Gasteiger partial charge is 0.213 e. The Balaban J connectivity index is 2.14. The van der Waals surface area contributed by atoms with E-state index in [0.717, 1.165) is 0 Å². The molecule has 0 amide bonds. The van der Waals surface area contributed by atoms with Gasteiger partial charge in [-0.2, -0.15) is 0 Å². The Morgan fingerprint density at radius 2 is 2.33 bits per heavy atom. The fourth-order valence-electron chi connectivity index (χ4n) is 2.81. The number of aromatic nitrogens is 1. The molecule has 0 bridgehead atoms. The van der Waals surface area contributed by atoms with Gasteiger partial charge in [-0.15, -0.1) is 0 Å². The summed E-state index contributed by atoms with van der Waals surface area (Å²) in [4.78, 5) is 6.98. The number of hydrogen-bond donors (Lipinski definition) is 0. The molecule has 18 heavy (non-hydrogen) atoms. The quantitative estimate of drug-likeness (QED) is 0.799. The fourth-order valence-corrected chi connectivity index (χ4v) is 2.81. The van der Waals surface area contributed by atoms with E-state index in [1.165, 1.54) is 49.9 Å². The lowest BCUT2D eigenvalue weighted by molar-refractivity contribution is 0.252. The van der Waals surface area contributed by atoms with Gasteiger partial charge in [0.2, 0.25) is 5.88 Å². The predicted molar refractivity (Wildman–Crippen MR) is 74.0 cm³/mol. The summed E-state index contributed by atoms with van der Waals surface area (Å²) in [5.41, 5.74) is 2.68. The van der Waals surface area contributed by atoms with Crippen LogP contribution in [0.1, 0.15) is 49.8 Å². The van der Waals surface area contributed by atoms with Crippen LogP contribution in [0.25, 0.3) is 0 Å². The van der Waals surface area contributed by atoms with E-state index in [2.05, 4.69) is 23.7 Å². The Morgan fingerprint density at radius 1 is 1.50 bits per heavy atom. The van der Waals surface area contributed by atoms with E-state index in [0.29, 0.717) is 11.9 Å². The molecule has 1 aliphatic rings. The van der Waals surface area contributed by atoms with Crippen molar-refractivity contribution in [3.63, 3.8) is 0 Å². The molecule has 2 rings (SSSR count). The zero-order valence-corrected chi connectivity index (χ0v) is 11.8. The molecular weight excluding hydrogens is 224 g/mol. The minimum absolute atomic E-state index is 0.565. The highest BCUT2D eigenvalue weighted by atomic mass is 16.5. The minimum Gasteiger partial charge on any atom is -0.481 e. The average Bonchev–Trinajstić information content (AvgIpc) is 2.84. The summed E-state index contributed by atoms with van der Waals surface area (Å²) in [6, 6.07) is 2.61. The van der Waals surface area contributed by atoms with Gasteiger partial charge in [-0.05, 0) is 50.4 Å². The average molecular weight is 248 g/mol. The number of methoxy groups -OCH3 is 1. The maximum atomic E-state index is 5.18. The Hall–Kier alpha value is -1.09. The van der Waals surface area contributed by atoms with Crippen molar-refractivity contribution in [1.29, 1.82) is 0 Å². The van der Waals surface area contributed by atoms with E-state index in [1.54, 1.807) is 7.11 Å². The van der Waals surface area contributed by atoms with Crippen molar-refractivity contribution in [2.45, 2.75) is 45.6 Å². The van der Waals surface area contributed by atoms with E-state index in [4.69, 9.17) is 4.74 Å². The molecule has 3 nitrogen and oxygen atoms in total. The van der Waals surface area contributed by atoms with Crippen LogP contribution in [0.3, 0.4) is 0 Å². The molecular formula is C15H24N2O. The second-order valence-electron chi connectivity index (χ2n) is 5.13. The van der Waals surface area contributed by atoms with Gasteiger partial charge in [-0.3, -0.25) is 4.90 Å². The number of hydrogen-bond acceptors (Lipinski definition) is 3. The Kier molecular flexibility index (Phi) is 4.59. The number of pyridine rings is 1. The summed E-state index contributed by atoms with van der Waals surface area (Å²) < 4.78 is 5.18. The number of likely N-dealkylation sites (tertiary alicyclic amines) is 1. The number of ether oxygens (including phenoxy) is 1. The van der Waals surface area contributed by atoms with Crippen LogP contribution in [0.15, 0.2) is 12.3 Å². The maximum absolute atomic E-state index is 5.18. The van der Waals surface area contributed by atoms with E-state index in [1.807, 2.05) is 12.3 Å². The molecule has 3 heteroatoms. The van der Waals surface area contributed by atoms with Crippen LogP contribution >= 0.6 is 0 Å². The number of nitrogens with zero attached hydrogens (tertiary/aromatic N) is 2. The van der Waals surface area contributed by atoms with Gasteiger partial charge in [-0.1, -0.05) is 13.3 Å². The third-order valence-electron chi connectivity index (χ3n) is 3.86. The maximum Gasteiger partial charge on any atom is 0.213 e. The monoisotopic (exact) mass is 248 g/mol. The second kappa shape index (κ2) is 6.19. The summed E-state index contributed by atoms with van der Waals surface area (Å²) in [5.74, 6) is 0.717. The Labute approximate surface area is 110 Å². The lowest BCUT2D eigenvalue weighted by atomic mass is 10.0. The van der Waals surface area contributed by atoms with Crippen LogP contribution in [0.5, 0.6) is 5.88 Å². The first kappa shape index (κ1) is 13.3. The molecule has 1 fully saturated rings. The van der Waals surface area contributed by atoms with Crippen molar-refractivity contribution in [3.05, 3.63) is 23.4 Å². The molecule has 0 aromatic carbocycles. The molecule has 0 saturated carbocycles. The van der Waals surface area contributed by atoms with Gasteiger partial charge < -0.3 is 4.74 Å². The van der Waals surface area contributed by atoms with Crippen LogP contribution in [0.4, 0.5) is 0 Å². The predicted octanol–water partition coefficient (Wildman–Crippen LogP) is 3.34. The highest BCUT2D eigenvalue weighted by molar-refractivity contribution is 5.31. The first-order chi connectivity index (χ1) is 8.76. The molecule has 1 atom stereocenters. The Bertz CT molecular complexity index is 392. The van der Waals surface area contributed by atoms with Crippen molar-refractivity contribution in [3.8, 4) is 5.88 Å². The van der Waals surface area contributed by atoms with Crippen molar-refractivity contribution in [1.82, 2.24) is 9.88 Å². The lowest BCUT2D eigenvalue weighted by Crippen LogP contribution is -2.25. The molecule has 0 spiro atoms. The lowest BCUT2D eigenvalue weighted by Gasteiger charge is -2.25. The van der Waals surface area contributed by atoms with Crippen LogP contribution in [0.2, 0.25) is 0 Å². The van der Waals surface area contributed by atoms with Gasteiger partial charge in [-0.25, -0.2) is 4.98 Å². The molecule has 0 N–H and O–H groups in total. The van der Waals surface area contributed by atoms with Crippen molar-refractivity contribution in [2.24, 2.45) is 0 Å². The van der Waals surface area contributed by atoms with Gasteiger partial charge in [0.1, 0.15) is 0 Å². The molecule has 1 saturated heterocycles. The van der Waals surface area contributed by atoms with E-state index in [-0.39, 0.29) is 0 Å². The summed E-state index contributed by atoms with van der Waals surface area (Å²) in [7, 11) is 1.67. The first-order valence-electron chi connectivity index (χ1n) is 7.00. The summed E-state index contributed by atoms with van der Waals surface area (Å²) in [5, 5.41) is 0. The van der Waals surface area contributed by atoms with Gasteiger partial charge >= 0.3 is 0 Å². The molecule has 1 unspecified atom stereocenters. The van der Waals surface area contributed by atoms with Crippen LogP contribution in [-0.2, 0) is 0 Å². The van der Waals surface area contributed by atoms with E-state index >= 15 is 0 Å².